The Bertz CT molecular complexity index is 1580. The molecule has 158 valence electrons. The first-order valence-electron chi connectivity index (χ1n) is 10.8. The first-order valence-corrected chi connectivity index (χ1v) is 10.8. The summed E-state index contributed by atoms with van der Waals surface area (Å²) in [5.41, 5.74) is 14.1. The van der Waals surface area contributed by atoms with Crippen LogP contribution in [0.3, 0.4) is 0 Å². The Morgan fingerprint density at radius 1 is 0.758 bits per heavy atom. The van der Waals surface area contributed by atoms with Crippen LogP contribution in [0.5, 0.6) is 0 Å². The van der Waals surface area contributed by atoms with Gasteiger partial charge in [0.2, 0.25) is 0 Å². The fourth-order valence-electron chi connectivity index (χ4n) is 4.18. The summed E-state index contributed by atoms with van der Waals surface area (Å²) < 4.78 is 6.11. The minimum atomic E-state index is 0.189. The lowest BCUT2D eigenvalue weighted by atomic mass is 9.97. The highest BCUT2D eigenvalue weighted by molar-refractivity contribution is 6.07. The van der Waals surface area contributed by atoms with Gasteiger partial charge in [-0.2, -0.15) is 5.26 Å². The van der Waals surface area contributed by atoms with Crippen molar-refractivity contribution in [1.29, 1.82) is 5.26 Å². The third kappa shape index (κ3) is 3.91. The van der Waals surface area contributed by atoms with Gasteiger partial charge in [-0.1, -0.05) is 66.7 Å². The molecule has 3 heteroatoms. The Kier molecular flexibility index (Phi) is 5.26. The predicted molar refractivity (Wildman–Crippen MR) is 136 cm³/mol. The number of allylic oxidation sites excluding steroid dienone is 4. The van der Waals surface area contributed by atoms with E-state index in [-0.39, 0.29) is 5.70 Å². The number of rotatable bonds is 4. The van der Waals surface area contributed by atoms with Gasteiger partial charge in [0.15, 0.2) is 0 Å². The molecule has 4 aromatic carbocycles. The number of hydrogen-bond acceptors (Lipinski definition) is 3. The highest BCUT2D eigenvalue weighted by Gasteiger charge is 2.11. The van der Waals surface area contributed by atoms with Gasteiger partial charge in [-0.15, -0.1) is 0 Å². The second-order valence-electron chi connectivity index (χ2n) is 7.93. The van der Waals surface area contributed by atoms with Crippen LogP contribution in [0.1, 0.15) is 12.5 Å². The van der Waals surface area contributed by atoms with Gasteiger partial charge in [0.25, 0.3) is 0 Å². The van der Waals surface area contributed by atoms with Crippen molar-refractivity contribution < 1.29 is 4.42 Å². The smallest absolute Gasteiger partial charge is 0.135 e. The fraction of sp³-hybridized carbons (Fsp3) is 0.0333. The van der Waals surface area contributed by atoms with E-state index in [1.807, 2.05) is 49.4 Å². The molecule has 0 saturated carbocycles. The lowest BCUT2D eigenvalue weighted by molar-refractivity contribution is 0.669. The average molecular weight is 427 g/mol. The van der Waals surface area contributed by atoms with Gasteiger partial charge >= 0.3 is 0 Å². The summed E-state index contributed by atoms with van der Waals surface area (Å²) in [4.78, 5) is 0. The minimum Gasteiger partial charge on any atom is -0.456 e. The molecule has 1 aromatic heterocycles. The summed E-state index contributed by atoms with van der Waals surface area (Å²) in [6, 6.07) is 33.2. The maximum atomic E-state index is 9.04. The number of nitrogens with two attached hydrogens (primary N) is 1. The van der Waals surface area contributed by atoms with Crippen LogP contribution in [0.4, 0.5) is 0 Å². The third-order valence-electron chi connectivity index (χ3n) is 5.86. The fourth-order valence-corrected chi connectivity index (χ4v) is 4.18. The minimum absolute atomic E-state index is 0.189. The van der Waals surface area contributed by atoms with Crippen LogP contribution >= 0.6 is 0 Å². The monoisotopic (exact) mass is 426 g/mol. The SMILES string of the molecule is C/C=C(\C=C(/N)C#N)c1cccc(-c2ccc3oc4ccc(-c5ccccc5)cc4c3c2)c1. The van der Waals surface area contributed by atoms with Crippen molar-refractivity contribution in [3.8, 4) is 28.3 Å². The molecule has 0 aliphatic rings. The molecule has 0 atom stereocenters. The molecular formula is C30H22N2O. The van der Waals surface area contributed by atoms with E-state index in [4.69, 9.17) is 15.4 Å². The molecular weight excluding hydrogens is 404 g/mol. The largest absolute Gasteiger partial charge is 0.456 e. The van der Waals surface area contributed by atoms with E-state index in [0.29, 0.717) is 0 Å². The number of hydrogen-bond donors (Lipinski definition) is 1. The zero-order valence-corrected chi connectivity index (χ0v) is 18.2. The van der Waals surface area contributed by atoms with Crippen molar-refractivity contribution in [3.05, 3.63) is 114 Å². The molecule has 5 rings (SSSR count). The molecule has 33 heavy (non-hydrogen) atoms. The quantitative estimate of drug-likeness (QED) is 0.237. The van der Waals surface area contributed by atoms with Crippen LogP contribution in [-0.2, 0) is 0 Å². The molecule has 0 amide bonds. The molecule has 2 N–H and O–H groups in total. The highest BCUT2D eigenvalue weighted by atomic mass is 16.3. The highest BCUT2D eigenvalue weighted by Crippen LogP contribution is 2.35. The first kappa shape index (κ1) is 20.4. The van der Waals surface area contributed by atoms with E-state index < -0.39 is 0 Å². The number of nitriles is 1. The van der Waals surface area contributed by atoms with E-state index >= 15 is 0 Å². The number of furan rings is 1. The molecule has 0 bridgehead atoms. The normalized spacial score (nSPS) is 12.2. The Morgan fingerprint density at radius 2 is 1.36 bits per heavy atom. The van der Waals surface area contributed by atoms with Crippen LogP contribution in [-0.4, -0.2) is 0 Å². The van der Waals surface area contributed by atoms with E-state index in [0.717, 1.165) is 49.8 Å². The van der Waals surface area contributed by atoms with Gasteiger partial charge in [-0.3, -0.25) is 0 Å². The Labute approximate surface area is 192 Å². The molecule has 0 fully saturated rings. The molecule has 0 radical (unpaired) electrons. The van der Waals surface area contributed by atoms with Crippen LogP contribution in [0.15, 0.2) is 113 Å². The summed E-state index contributed by atoms with van der Waals surface area (Å²) >= 11 is 0. The maximum Gasteiger partial charge on any atom is 0.135 e. The lowest BCUT2D eigenvalue weighted by Gasteiger charge is -2.07. The van der Waals surface area contributed by atoms with Gasteiger partial charge in [0.05, 0.1) is 0 Å². The second-order valence-corrected chi connectivity index (χ2v) is 7.93. The number of nitrogens with zero attached hydrogens (tertiary/aromatic N) is 1. The number of benzene rings is 4. The average Bonchev–Trinajstić information content (AvgIpc) is 3.25. The molecule has 0 unspecified atom stereocenters. The van der Waals surface area contributed by atoms with E-state index in [2.05, 4.69) is 60.7 Å². The summed E-state index contributed by atoms with van der Waals surface area (Å²) in [7, 11) is 0. The molecule has 3 nitrogen and oxygen atoms in total. The van der Waals surface area contributed by atoms with Crippen molar-refractivity contribution in [2.24, 2.45) is 5.73 Å². The van der Waals surface area contributed by atoms with Crippen molar-refractivity contribution in [2.45, 2.75) is 6.92 Å². The van der Waals surface area contributed by atoms with Crippen molar-refractivity contribution >= 4 is 27.5 Å². The van der Waals surface area contributed by atoms with Crippen LogP contribution in [0.2, 0.25) is 0 Å². The summed E-state index contributed by atoms with van der Waals surface area (Å²) in [6.45, 7) is 1.94. The standard InChI is InChI=1S/C30H22N2O/c1-2-20(16-26(32)19-31)22-9-6-10-23(15-22)25-12-14-30-28(18-25)27-17-24(11-13-29(27)33-30)21-7-4-3-5-8-21/h2-18H,32H2,1H3/b20-2+,26-16-. The van der Waals surface area contributed by atoms with Crippen molar-refractivity contribution in [3.63, 3.8) is 0 Å². The zero-order chi connectivity index (χ0) is 22.8. The van der Waals surface area contributed by atoms with E-state index in [1.165, 1.54) is 5.56 Å². The molecule has 5 aromatic rings. The van der Waals surface area contributed by atoms with Gasteiger partial charge in [-0.25, -0.2) is 0 Å². The van der Waals surface area contributed by atoms with Gasteiger partial charge in [-0.05, 0) is 76.7 Å². The molecule has 0 aliphatic carbocycles. The topological polar surface area (TPSA) is 63.0 Å². The molecule has 0 saturated heterocycles. The van der Waals surface area contributed by atoms with Crippen LogP contribution < -0.4 is 5.73 Å². The van der Waals surface area contributed by atoms with E-state index in [1.54, 1.807) is 6.08 Å². The molecule has 0 aliphatic heterocycles. The summed E-state index contributed by atoms with van der Waals surface area (Å²) in [6.07, 6.45) is 3.66. The third-order valence-corrected chi connectivity index (χ3v) is 5.86. The second kappa shape index (κ2) is 8.53. The van der Waals surface area contributed by atoms with Crippen molar-refractivity contribution in [2.75, 3.05) is 0 Å². The summed E-state index contributed by atoms with van der Waals surface area (Å²) in [5.74, 6) is 0. The van der Waals surface area contributed by atoms with Gasteiger partial charge in [0, 0.05) is 10.8 Å². The Morgan fingerprint density at radius 3 is 2.00 bits per heavy atom. The van der Waals surface area contributed by atoms with Crippen LogP contribution in [0, 0.1) is 11.3 Å². The maximum absolute atomic E-state index is 9.04. The first-order chi connectivity index (χ1) is 16.2. The Balaban J connectivity index is 1.61. The van der Waals surface area contributed by atoms with Crippen LogP contribution in [0.25, 0.3) is 49.8 Å². The molecule has 0 spiro atoms. The van der Waals surface area contributed by atoms with E-state index in [9.17, 15) is 0 Å². The van der Waals surface area contributed by atoms with Crippen molar-refractivity contribution in [1.82, 2.24) is 0 Å². The predicted octanol–water partition coefficient (Wildman–Crippen LogP) is 7.69. The van der Waals surface area contributed by atoms with Gasteiger partial charge < -0.3 is 10.2 Å². The zero-order valence-electron chi connectivity index (χ0n) is 18.2. The number of fused-ring (bicyclic) bond motifs is 3. The van der Waals surface area contributed by atoms with Gasteiger partial charge in [0.1, 0.15) is 22.9 Å². The Hall–Kier alpha value is -4.55. The summed E-state index contributed by atoms with van der Waals surface area (Å²) in [5, 5.41) is 11.2. The lowest BCUT2D eigenvalue weighted by Crippen LogP contribution is -1.94. The molecule has 1 heterocycles.